The molecule has 25 heavy (non-hydrogen) atoms. The number of hydrogen-bond acceptors (Lipinski definition) is 7. The Morgan fingerprint density at radius 2 is 2.08 bits per heavy atom. The molecule has 1 amide bonds. The summed E-state index contributed by atoms with van der Waals surface area (Å²) in [5, 5.41) is 11.2. The summed E-state index contributed by atoms with van der Waals surface area (Å²) in [7, 11) is -3.01. The number of thioether (sulfide) groups is 1. The number of carbonyl (C=O) groups is 1. The zero-order valence-corrected chi connectivity index (χ0v) is 15.3. The number of carbonyl (C=O) groups excluding carboxylic acids is 1. The Labute approximate surface area is 150 Å². The van der Waals surface area contributed by atoms with Gasteiger partial charge in [-0.3, -0.25) is 4.79 Å². The van der Waals surface area contributed by atoms with Crippen molar-refractivity contribution in [3.8, 4) is 11.4 Å². The second-order valence-corrected chi connectivity index (χ2v) is 9.17. The number of nitrogens with two attached hydrogens (primary N) is 1. The molecule has 1 aliphatic heterocycles. The zero-order valence-electron chi connectivity index (χ0n) is 13.7. The first-order valence-electron chi connectivity index (χ1n) is 7.74. The molecule has 1 atom stereocenters. The molecule has 0 bridgehead atoms. The molecule has 1 fully saturated rings. The van der Waals surface area contributed by atoms with Crippen molar-refractivity contribution in [1.82, 2.24) is 20.2 Å². The van der Waals surface area contributed by atoms with E-state index in [1.165, 1.54) is 4.68 Å². The fourth-order valence-corrected chi connectivity index (χ4v) is 4.92. The Morgan fingerprint density at radius 3 is 2.72 bits per heavy atom. The van der Waals surface area contributed by atoms with Gasteiger partial charge in [0.25, 0.3) is 0 Å². The fourth-order valence-electron chi connectivity index (χ4n) is 2.58. The van der Waals surface area contributed by atoms with E-state index >= 15 is 0 Å². The highest BCUT2D eigenvalue weighted by atomic mass is 32.2. The van der Waals surface area contributed by atoms with E-state index in [0.29, 0.717) is 17.4 Å². The second kappa shape index (κ2) is 7.04. The summed E-state index contributed by atoms with van der Waals surface area (Å²) in [5.41, 5.74) is 1.97. The van der Waals surface area contributed by atoms with Gasteiger partial charge in [0.15, 0.2) is 15.7 Å². The van der Waals surface area contributed by atoms with Gasteiger partial charge in [-0.25, -0.2) is 13.1 Å². The molecule has 2 heterocycles. The maximum Gasteiger partial charge on any atom is 0.230 e. The monoisotopic (exact) mass is 381 g/mol. The van der Waals surface area contributed by atoms with Crippen molar-refractivity contribution in [2.24, 2.45) is 0 Å². The lowest BCUT2D eigenvalue weighted by molar-refractivity contribution is -0.119. The van der Waals surface area contributed by atoms with Gasteiger partial charge in [-0.15, -0.1) is 10.2 Å². The lowest BCUT2D eigenvalue weighted by Crippen LogP contribution is -2.36. The highest BCUT2D eigenvalue weighted by Gasteiger charge is 2.28. The van der Waals surface area contributed by atoms with Crippen LogP contribution >= 0.6 is 11.8 Å². The van der Waals surface area contributed by atoms with Gasteiger partial charge in [0.1, 0.15) is 0 Å². The van der Waals surface area contributed by atoms with Gasteiger partial charge in [0.05, 0.1) is 17.3 Å². The maximum absolute atomic E-state index is 12.0. The molecule has 0 spiro atoms. The third-order valence-electron chi connectivity index (χ3n) is 3.90. The first-order valence-corrected chi connectivity index (χ1v) is 10.5. The van der Waals surface area contributed by atoms with Crippen molar-refractivity contribution in [1.29, 1.82) is 0 Å². The number of sulfone groups is 1. The van der Waals surface area contributed by atoms with Gasteiger partial charge in [0, 0.05) is 11.6 Å². The average Bonchev–Trinajstić information content (AvgIpc) is 3.08. The minimum atomic E-state index is -3.01. The summed E-state index contributed by atoms with van der Waals surface area (Å²) in [6, 6.07) is 7.42. The van der Waals surface area contributed by atoms with E-state index in [-0.39, 0.29) is 29.2 Å². The van der Waals surface area contributed by atoms with E-state index in [2.05, 4.69) is 15.5 Å². The number of aromatic nitrogens is 3. The van der Waals surface area contributed by atoms with Crippen molar-refractivity contribution in [2.75, 3.05) is 23.1 Å². The molecule has 0 radical (unpaired) electrons. The molecule has 1 aliphatic rings. The summed E-state index contributed by atoms with van der Waals surface area (Å²) in [4.78, 5) is 12.0. The van der Waals surface area contributed by atoms with Crippen LogP contribution in [0.5, 0.6) is 0 Å². The number of nitrogen functional groups attached to an aromatic ring is 1. The summed E-state index contributed by atoms with van der Waals surface area (Å²) >= 11 is 1.16. The van der Waals surface area contributed by atoms with Crippen LogP contribution in [-0.2, 0) is 14.6 Å². The summed E-state index contributed by atoms with van der Waals surface area (Å²) < 4.78 is 24.2. The molecule has 1 aromatic carbocycles. The van der Waals surface area contributed by atoms with Crippen LogP contribution in [0.4, 0.5) is 0 Å². The SMILES string of the molecule is Cc1ccc(-c2nnc(SCC(=O)NC3CCS(=O)(=O)C3)n2N)cc1. The largest absolute Gasteiger partial charge is 0.352 e. The van der Waals surface area contributed by atoms with Crippen LogP contribution in [-0.4, -0.2) is 52.5 Å². The molecule has 134 valence electrons. The Bertz CT molecular complexity index is 877. The van der Waals surface area contributed by atoms with Gasteiger partial charge in [-0.1, -0.05) is 41.6 Å². The molecule has 10 heteroatoms. The molecule has 3 N–H and O–H groups in total. The second-order valence-electron chi connectivity index (χ2n) is 6.00. The lowest BCUT2D eigenvalue weighted by atomic mass is 10.1. The average molecular weight is 381 g/mol. The number of aryl methyl sites for hydroxylation is 1. The van der Waals surface area contributed by atoms with Crippen LogP contribution < -0.4 is 11.2 Å². The number of hydrogen-bond donors (Lipinski definition) is 2. The van der Waals surface area contributed by atoms with Crippen molar-refractivity contribution in [3.63, 3.8) is 0 Å². The van der Waals surface area contributed by atoms with E-state index in [0.717, 1.165) is 22.9 Å². The van der Waals surface area contributed by atoms with Crippen molar-refractivity contribution < 1.29 is 13.2 Å². The molecular weight excluding hydrogens is 362 g/mol. The van der Waals surface area contributed by atoms with Gasteiger partial charge < -0.3 is 11.2 Å². The van der Waals surface area contributed by atoms with Gasteiger partial charge in [-0.2, -0.15) is 0 Å². The Balaban J connectivity index is 1.59. The smallest absolute Gasteiger partial charge is 0.230 e. The van der Waals surface area contributed by atoms with Crippen molar-refractivity contribution >= 4 is 27.5 Å². The lowest BCUT2D eigenvalue weighted by Gasteiger charge is -2.10. The maximum atomic E-state index is 12.0. The first kappa shape index (κ1) is 17.7. The minimum Gasteiger partial charge on any atom is -0.352 e. The Morgan fingerprint density at radius 1 is 1.36 bits per heavy atom. The zero-order chi connectivity index (χ0) is 18.0. The van der Waals surface area contributed by atoms with Gasteiger partial charge in [-0.05, 0) is 13.3 Å². The molecule has 8 nitrogen and oxygen atoms in total. The minimum absolute atomic E-state index is 0.00799. The van der Waals surface area contributed by atoms with E-state index in [4.69, 9.17) is 5.84 Å². The van der Waals surface area contributed by atoms with Crippen LogP contribution in [0.15, 0.2) is 29.4 Å². The number of amides is 1. The van der Waals surface area contributed by atoms with Gasteiger partial charge in [0.2, 0.25) is 11.1 Å². The molecule has 1 unspecified atom stereocenters. The van der Waals surface area contributed by atoms with E-state index in [1.807, 2.05) is 31.2 Å². The Hall–Kier alpha value is -2.07. The summed E-state index contributed by atoms with van der Waals surface area (Å²) in [6.45, 7) is 1.99. The van der Waals surface area contributed by atoms with Crippen molar-refractivity contribution in [2.45, 2.75) is 24.5 Å². The summed E-state index contributed by atoms with van der Waals surface area (Å²) in [5.74, 6) is 6.53. The van der Waals surface area contributed by atoms with Crippen LogP contribution in [0.3, 0.4) is 0 Å². The molecule has 0 aliphatic carbocycles. The number of rotatable bonds is 5. The van der Waals surface area contributed by atoms with Gasteiger partial charge >= 0.3 is 0 Å². The standard InChI is InChI=1S/C15H19N5O3S2/c1-10-2-4-11(5-3-10)14-18-19-15(20(14)16)24-8-13(21)17-12-6-7-25(22,23)9-12/h2-5,12H,6-9,16H2,1H3,(H,17,21). The normalized spacial score (nSPS) is 19.0. The van der Waals surface area contributed by atoms with Crippen LogP contribution in [0.2, 0.25) is 0 Å². The number of benzene rings is 1. The van der Waals surface area contributed by atoms with Crippen LogP contribution in [0.25, 0.3) is 11.4 Å². The highest BCUT2D eigenvalue weighted by molar-refractivity contribution is 7.99. The fraction of sp³-hybridized carbons (Fsp3) is 0.400. The first-order chi connectivity index (χ1) is 11.8. The highest BCUT2D eigenvalue weighted by Crippen LogP contribution is 2.22. The molecule has 1 saturated heterocycles. The molecule has 3 rings (SSSR count). The third kappa shape index (κ3) is 4.31. The molecule has 1 aromatic heterocycles. The van der Waals surface area contributed by atoms with E-state index < -0.39 is 9.84 Å². The van der Waals surface area contributed by atoms with Crippen LogP contribution in [0, 0.1) is 6.92 Å². The topological polar surface area (TPSA) is 120 Å². The van der Waals surface area contributed by atoms with Crippen LogP contribution in [0.1, 0.15) is 12.0 Å². The molecule has 0 saturated carbocycles. The van der Waals surface area contributed by atoms with E-state index in [9.17, 15) is 13.2 Å². The Kier molecular flexibility index (Phi) is 5.00. The molecule has 2 aromatic rings. The van der Waals surface area contributed by atoms with E-state index in [1.54, 1.807) is 0 Å². The third-order valence-corrected chi connectivity index (χ3v) is 6.62. The number of nitrogens with zero attached hydrogens (tertiary/aromatic N) is 3. The number of nitrogens with one attached hydrogen (secondary N) is 1. The quantitative estimate of drug-likeness (QED) is 0.567. The predicted molar refractivity (Wildman–Crippen MR) is 96.3 cm³/mol. The summed E-state index contributed by atoms with van der Waals surface area (Å²) in [6.07, 6.45) is 0.462. The molecular formula is C15H19N5O3S2. The predicted octanol–water partition coefficient (Wildman–Crippen LogP) is 0.363. The van der Waals surface area contributed by atoms with Crippen molar-refractivity contribution in [3.05, 3.63) is 29.8 Å².